The van der Waals surface area contributed by atoms with Crippen LogP contribution in [0, 0.1) is 11.7 Å². The van der Waals surface area contributed by atoms with Gasteiger partial charge in [-0.2, -0.15) is 0 Å². The molecule has 146 valence electrons. The zero-order valence-electron chi connectivity index (χ0n) is 14.8. The number of fused-ring (bicyclic) bond motifs is 2. The maximum Gasteiger partial charge on any atom is 0.271 e. The van der Waals surface area contributed by atoms with Crippen molar-refractivity contribution in [2.45, 2.75) is 18.9 Å². The molecule has 3 heterocycles. The Morgan fingerprint density at radius 3 is 2.79 bits per heavy atom. The second-order valence-electron chi connectivity index (χ2n) is 7.37. The summed E-state index contributed by atoms with van der Waals surface area (Å²) < 4.78 is 19.6. The summed E-state index contributed by atoms with van der Waals surface area (Å²) in [5, 5.41) is 12.8. The number of aromatic amines is 1. The Labute approximate surface area is 161 Å². The Bertz CT molecular complexity index is 1260. The summed E-state index contributed by atoms with van der Waals surface area (Å²) in [7, 11) is 0. The number of aromatic nitrogens is 2. The third kappa shape index (κ3) is 2.41. The maximum atomic E-state index is 15.0. The number of oxime groups is 1. The molecule has 1 aliphatic heterocycles. The molecule has 1 aromatic carbocycles. The Balaban J connectivity index is 1.77. The van der Waals surface area contributed by atoms with E-state index in [2.05, 4.69) is 9.53 Å². The molecule has 3 aromatic rings. The molecule has 28 heavy (non-hydrogen) atoms. The molecule has 8 nitrogen and oxygen atoms in total. The zero-order valence-corrected chi connectivity index (χ0v) is 15.6. The van der Waals surface area contributed by atoms with Gasteiger partial charge < -0.3 is 20.4 Å². The van der Waals surface area contributed by atoms with E-state index in [0.717, 1.165) is 24.4 Å². The molecule has 2 aromatic heterocycles. The topological polar surface area (TPSA) is 117 Å². The zero-order chi connectivity index (χ0) is 19.6. The SMILES string of the molecule is NCC1CN(c2cc3c(cc2F)c(=O)c2c(=O)[nH]sc2n3C2CC2)C/C1=N\O. The lowest BCUT2D eigenvalue weighted by Gasteiger charge is -2.20. The maximum absolute atomic E-state index is 15.0. The van der Waals surface area contributed by atoms with Gasteiger partial charge in [0.05, 0.1) is 23.5 Å². The van der Waals surface area contributed by atoms with E-state index in [9.17, 15) is 19.2 Å². The highest BCUT2D eigenvalue weighted by Gasteiger charge is 2.32. The fraction of sp³-hybridized carbons (Fsp3) is 0.389. The summed E-state index contributed by atoms with van der Waals surface area (Å²) in [6, 6.07) is 3.08. The summed E-state index contributed by atoms with van der Waals surface area (Å²) >= 11 is 1.14. The van der Waals surface area contributed by atoms with Gasteiger partial charge in [0.15, 0.2) is 0 Å². The molecule has 0 radical (unpaired) electrons. The summed E-state index contributed by atoms with van der Waals surface area (Å²) in [6.45, 7) is 1.01. The van der Waals surface area contributed by atoms with Crippen LogP contribution in [0.15, 0.2) is 26.9 Å². The highest BCUT2D eigenvalue weighted by atomic mass is 32.1. The van der Waals surface area contributed by atoms with Gasteiger partial charge in [-0.25, -0.2) is 4.39 Å². The first kappa shape index (κ1) is 17.4. The largest absolute Gasteiger partial charge is 0.411 e. The lowest BCUT2D eigenvalue weighted by Crippen LogP contribution is -2.24. The van der Waals surface area contributed by atoms with Crippen LogP contribution < -0.4 is 21.6 Å². The number of H-pyrrole nitrogens is 1. The van der Waals surface area contributed by atoms with Crippen LogP contribution in [0.3, 0.4) is 0 Å². The van der Waals surface area contributed by atoms with Crippen LogP contribution in [-0.2, 0) is 0 Å². The Kier molecular flexibility index (Phi) is 3.81. The number of benzene rings is 1. The third-order valence-corrected chi connectivity index (χ3v) is 6.51. The minimum absolute atomic E-state index is 0.0932. The number of halogens is 1. The molecule has 0 bridgehead atoms. The molecule has 0 spiro atoms. The van der Waals surface area contributed by atoms with Gasteiger partial charge in [0, 0.05) is 30.4 Å². The van der Waals surface area contributed by atoms with Gasteiger partial charge >= 0.3 is 0 Å². The minimum atomic E-state index is -0.548. The molecule has 1 unspecified atom stereocenters. The van der Waals surface area contributed by atoms with Crippen molar-refractivity contribution in [1.82, 2.24) is 8.94 Å². The Morgan fingerprint density at radius 1 is 1.36 bits per heavy atom. The molecule has 0 amide bonds. The smallest absolute Gasteiger partial charge is 0.271 e. The monoisotopic (exact) mass is 403 g/mol. The third-order valence-electron chi connectivity index (χ3n) is 5.63. The van der Waals surface area contributed by atoms with Crippen LogP contribution in [0.1, 0.15) is 18.9 Å². The highest BCUT2D eigenvalue weighted by Crippen LogP contribution is 2.41. The first-order valence-corrected chi connectivity index (χ1v) is 9.90. The molecule has 10 heteroatoms. The van der Waals surface area contributed by atoms with Crippen molar-refractivity contribution in [3.8, 4) is 0 Å². The average molecular weight is 403 g/mol. The Morgan fingerprint density at radius 2 is 2.14 bits per heavy atom. The van der Waals surface area contributed by atoms with E-state index in [1.807, 2.05) is 4.57 Å². The number of nitrogens with two attached hydrogens (primary N) is 1. The molecule has 1 atom stereocenters. The highest BCUT2D eigenvalue weighted by molar-refractivity contribution is 7.12. The first-order valence-electron chi connectivity index (χ1n) is 9.08. The predicted octanol–water partition coefficient (Wildman–Crippen LogP) is 1.60. The second kappa shape index (κ2) is 6.14. The van der Waals surface area contributed by atoms with Gasteiger partial charge in [-0.3, -0.25) is 14.0 Å². The molecule has 2 fully saturated rings. The van der Waals surface area contributed by atoms with Gasteiger partial charge in [0.1, 0.15) is 16.0 Å². The average Bonchev–Trinajstić information content (AvgIpc) is 3.32. The van der Waals surface area contributed by atoms with E-state index < -0.39 is 16.8 Å². The van der Waals surface area contributed by atoms with Crippen molar-refractivity contribution in [2.75, 3.05) is 24.5 Å². The van der Waals surface area contributed by atoms with Crippen LogP contribution in [0.2, 0.25) is 0 Å². The van der Waals surface area contributed by atoms with Crippen LogP contribution in [0.4, 0.5) is 10.1 Å². The van der Waals surface area contributed by atoms with E-state index in [-0.39, 0.29) is 29.3 Å². The van der Waals surface area contributed by atoms with E-state index >= 15 is 0 Å². The predicted molar refractivity (Wildman–Crippen MR) is 106 cm³/mol. The fourth-order valence-electron chi connectivity index (χ4n) is 4.05. The van der Waals surface area contributed by atoms with Crippen molar-refractivity contribution >= 4 is 44.1 Å². The molecular formula is C18H18FN5O3S. The number of rotatable bonds is 3. The van der Waals surface area contributed by atoms with Crippen molar-refractivity contribution in [1.29, 1.82) is 0 Å². The quantitative estimate of drug-likeness (QED) is 0.454. The van der Waals surface area contributed by atoms with Crippen LogP contribution in [-0.4, -0.2) is 39.5 Å². The lowest BCUT2D eigenvalue weighted by molar-refractivity contribution is 0.316. The number of nitrogens with one attached hydrogen (secondary N) is 1. The van der Waals surface area contributed by atoms with Gasteiger partial charge in [0.2, 0.25) is 5.43 Å². The molecule has 1 saturated carbocycles. The lowest BCUT2D eigenvalue weighted by atomic mass is 10.1. The van der Waals surface area contributed by atoms with Crippen molar-refractivity contribution < 1.29 is 9.60 Å². The molecule has 4 N–H and O–H groups in total. The normalized spacial score (nSPS) is 21.4. The summed E-state index contributed by atoms with van der Waals surface area (Å²) in [6.07, 6.45) is 1.90. The summed E-state index contributed by atoms with van der Waals surface area (Å²) in [5.41, 5.74) is 6.32. The van der Waals surface area contributed by atoms with E-state index in [1.54, 1.807) is 11.0 Å². The molecule has 5 rings (SSSR count). The number of anilines is 1. The fourth-order valence-corrected chi connectivity index (χ4v) is 4.97. The number of nitrogens with zero attached hydrogens (tertiary/aromatic N) is 3. The Hall–Kier alpha value is -2.72. The second-order valence-corrected chi connectivity index (χ2v) is 8.16. The van der Waals surface area contributed by atoms with Gasteiger partial charge in [0.25, 0.3) is 5.56 Å². The van der Waals surface area contributed by atoms with E-state index in [4.69, 9.17) is 5.73 Å². The summed E-state index contributed by atoms with van der Waals surface area (Å²) in [4.78, 5) is 27.4. The van der Waals surface area contributed by atoms with Crippen LogP contribution in [0.5, 0.6) is 0 Å². The van der Waals surface area contributed by atoms with Gasteiger partial charge in [-0.15, -0.1) is 0 Å². The minimum Gasteiger partial charge on any atom is -0.411 e. The summed E-state index contributed by atoms with van der Waals surface area (Å²) in [5.74, 6) is -0.698. The van der Waals surface area contributed by atoms with Crippen molar-refractivity contribution in [3.05, 3.63) is 38.5 Å². The van der Waals surface area contributed by atoms with Gasteiger partial charge in [-0.05, 0) is 36.5 Å². The number of hydrogen-bond donors (Lipinski definition) is 3. The number of hydrogen-bond acceptors (Lipinski definition) is 7. The van der Waals surface area contributed by atoms with Crippen molar-refractivity contribution in [2.24, 2.45) is 16.8 Å². The molecule has 1 aliphatic carbocycles. The van der Waals surface area contributed by atoms with E-state index in [0.29, 0.717) is 34.8 Å². The van der Waals surface area contributed by atoms with Crippen molar-refractivity contribution in [3.63, 3.8) is 0 Å². The molecular weight excluding hydrogens is 385 g/mol. The van der Waals surface area contributed by atoms with Gasteiger partial charge in [-0.1, -0.05) is 5.16 Å². The molecule has 1 saturated heterocycles. The molecule has 2 aliphatic rings. The first-order chi connectivity index (χ1) is 13.5. The van der Waals surface area contributed by atoms with E-state index in [1.165, 1.54) is 6.07 Å². The number of pyridine rings is 1. The van der Waals surface area contributed by atoms with Crippen LogP contribution >= 0.6 is 11.5 Å². The standard InChI is InChI=1S/C18H18FN5O3S/c19-11-3-10-13(4-14(11)23-6-8(5-20)12(7-23)21-27)24(9-1-2-9)18-15(16(10)25)17(26)22-28-18/h3-4,8-9,27H,1-2,5-7,20H2,(H,22,26)/b21-12+. The van der Waals surface area contributed by atoms with Crippen LogP contribution in [0.25, 0.3) is 21.1 Å².